The number of benzene rings is 2. The van der Waals surface area contributed by atoms with E-state index in [1.54, 1.807) is 4.90 Å². The van der Waals surface area contributed by atoms with Crippen molar-refractivity contribution in [3.63, 3.8) is 0 Å². The van der Waals surface area contributed by atoms with E-state index in [0.29, 0.717) is 18.7 Å². The van der Waals surface area contributed by atoms with Crippen LogP contribution in [0.5, 0.6) is 5.75 Å². The summed E-state index contributed by atoms with van der Waals surface area (Å²) in [6.45, 7) is 12.2. The van der Waals surface area contributed by atoms with Crippen molar-refractivity contribution in [3.05, 3.63) is 64.7 Å². The number of nitrogens with zero attached hydrogens (tertiary/aromatic N) is 1. The molecule has 0 aliphatic rings. The van der Waals surface area contributed by atoms with Gasteiger partial charge in [0.25, 0.3) is 5.91 Å². The summed E-state index contributed by atoms with van der Waals surface area (Å²) in [6.07, 6.45) is 1.37. The first kappa shape index (κ1) is 24.4. The Morgan fingerprint density at radius 2 is 1.65 bits per heavy atom. The van der Waals surface area contributed by atoms with E-state index in [1.165, 1.54) is 0 Å². The van der Waals surface area contributed by atoms with Crippen molar-refractivity contribution >= 4 is 11.8 Å². The molecular formula is C26H36N2O3. The number of amides is 2. The fourth-order valence-corrected chi connectivity index (χ4v) is 3.61. The topological polar surface area (TPSA) is 58.6 Å². The van der Waals surface area contributed by atoms with Gasteiger partial charge in [-0.25, -0.2) is 0 Å². The fourth-order valence-electron chi connectivity index (χ4n) is 3.61. The second kappa shape index (κ2) is 11.5. The minimum absolute atomic E-state index is 0.0593. The van der Waals surface area contributed by atoms with Gasteiger partial charge in [-0.2, -0.15) is 0 Å². The highest BCUT2D eigenvalue weighted by atomic mass is 16.5. The normalized spacial score (nSPS) is 12.7. The molecule has 0 fully saturated rings. The fraction of sp³-hybridized carbons (Fsp3) is 0.462. The molecule has 2 rings (SSSR count). The molecule has 2 aromatic carbocycles. The van der Waals surface area contributed by atoms with E-state index in [2.05, 4.69) is 11.4 Å². The molecule has 0 aromatic heterocycles. The van der Waals surface area contributed by atoms with E-state index in [0.717, 1.165) is 28.7 Å². The van der Waals surface area contributed by atoms with Gasteiger partial charge in [-0.15, -0.1) is 0 Å². The Morgan fingerprint density at radius 3 is 2.23 bits per heavy atom. The molecule has 0 saturated carbocycles. The minimum Gasteiger partial charge on any atom is -0.484 e. The molecule has 2 amide bonds. The van der Waals surface area contributed by atoms with Gasteiger partial charge in [0, 0.05) is 12.6 Å². The zero-order chi connectivity index (χ0) is 23.0. The Hall–Kier alpha value is -2.82. The summed E-state index contributed by atoms with van der Waals surface area (Å²) in [5.74, 6) is 0.342. The molecule has 0 heterocycles. The predicted molar refractivity (Wildman–Crippen MR) is 125 cm³/mol. The molecule has 1 N–H and O–H groups in total. The summed E-state index contributed by atoms with van der Waals surface area (Å²) in [6, 6.07) is 13.4. The Balaban J connectivity index is 2.23. The molecule has 168 valence electrons. The van der Waals surface area contributed by atoms with Crippen molar-refractivity contribution in [2.45, 2.75) is 73.0 Å². The minimum atomic E-state index is -0.551. The zero-order valence-corrected chi connectivity index (χ0v) is 19.7. The summed E-state index contributed by atoms with van der Waals surface area (Å²) < 4.78 is 5.83. The highest BCUT2D eigenvalue weighted by Crippen LogP contribution is 2.18. The lowest BCUT2D eigenvalue weighted by Gasteiger charge is -2.31. The van der Waals surface area contributed by atoms with E-state index in [-0.39, 0.29) is 24.5 Å². The van der Waals surface area contributed by atoms with Gasteiger partial charge < -0.3 is 15.0 Å². The molecule has 5 nitrogen and oxygen atoms in total. The molecule has 2 atom stereocenters. The molecule has 31 heavy (non-hydrogen) atoms. The van der Waals surface area contributed by atoms with Crippen LogP contribution in [0, 0.1) is 20.8 Å². The molecule has 0 aliphatic heterocycles. The lowest BCUT2D eigenvalue weighted by molar-refractivity contribution is -0.143. The highest BCUT2D eigenvalue weighted by molar-refractivity contribution is 5.88. The zero-order valence-electron chi connectivity index (χ0n) is 19.7. The smallest absolute Gasteiger partial charge is 0.261 e. The molecule has 0 aliphatic carbocycles. The number of carbonyl (C=O) groups is 2. The summed E-state index contributed by atoms with van der Waals surface area (Å²) in [5, 5.41) is 3.03. The van der Waals surface area contributed by atoms with Gasteiger partial charge in [0.05, 0.1) is 0 Å². The third-order valence-electron chi connectivity index (χ3n) is 5.38. The first-order valence-corrected chi connectivity index (χ1v) is 11.1. The maximum atomic E-state index is 13.3. The molecule has 0 radical (unpaired) electrons. The van der Waals surface area contributed by atoms with Gasteiger partial charge in [-0.05, 0) is 69.4 Å². The second-order valence-corrected chi connectivity index (χ2v) is 8.36. The molecule has 0 saturated heterocycles. The van der Waals surface area contributed by atoms with Gasteiger partial charge in [0.2, 0.25) is 5.91 Å². The van der Waals surface area contributed by atoms with Gasteiger partial charge in [0.1, 0.15) is 11.8 Å². The van der Waals surface area contributed by atoms with Crippen LogP contribution in [0.1, 0.15) is 55.9 Å². The van der Waals surface area contributed by atoms with Crippen LogP contribution < -0.4 is 10.1 Å². The van der Waals surface area contributed by atoms with Crippen molar-refractivity contribution in [1.29, 1.82) is 0 Å². The van der Waals surface area contributed by atoms with Crippen molar-refractivity contribution in [2.24, 2.45) is 0 Å². The molecule has 0 unspecified atom stereocenters. The number of rotatable bonds is 10. The first-order chi connectivity index (χ1) is 14.7. The SMILES string of the molecule is CC[C@H](C(=O)N[C@@H](C)CC)N(Cc1cccc(C)c1)C(=O)COc1cc(C)cc(C)c1. The van der Waals surface area contributed by atoms with Crippen LogP contribution in [0.2, 0.25) is 0 Å². The van der Waals surface area contributed by atoms with Crippen molar-refractivity contribution in [3.8, 4) is 5.75 Å². The van der Waals surface area contributed by atoms with Crippen LogP contribution in [0.25, 0.3) is 0 Å². The number of hydrogen-bond acceptors (Lipinski definition) is 3. The van der Waals surface area contributed by atoms with Gasteiger partial charge in [-0.1, -0.05) is 49.7 Å². The number of nitrogens with one attached hydrogen (secondary N) is 1. The van der Waals surface area contributed by atoms with Crippen molar-refractivity contribution < 1.29 is 14.3 Å². The molecular weight excluding hydrogens is 388 g/mol. The first-order valence-electron chi connectivity index (χ1n) is 11.1. The third kappa shape index (κ3) is 7.42. The third-order valence-corrected chi connectivity index (χ3v) is 5.38. The molecule has 5 heteroatoms. The van der Waals surface area contributed by atoms with Crippen LogP contribution >= 0.6 is 0 Å². The van der Waals surface area contributed by atoms with E-state index < -0.39 is 6.04 Å². The summed E-state index contributed by atoms with van der Waals surface area (Å²) in [7, 11) is 0. The number of aryl methyl sites for hydroxylation is 3. The number of carbonyl (C=O) groups excluding carboxylic acids is 2. The highest BCUT2D eigenvalue weighted by Gasteiger charge is 2.29. The van der Waals surface area contributed by atoms with Gasteiger partial charge >= 0.3 is 0 Å². The lowest BCUT2D eigenvalue weighted by atomic mass is 10.1. The van der Waals surface area contributed by atoms with E-state index in [9.17, 15) is 9.59 Å². The Labute approximate surface area is 186 Å². The Morgan fingerprint density at radius 1 is 0.968 bits per heavy atom. The largest absolute Gasteiger partial charge is 0.484 e. The summed E-state index contributed by atoms with van der Waals surface area (Å²) in [4.78, 5) is 27.9. The number of ether oxygens (including phenoxy) is 1. The van der Waals surface area contributed by atoms with Crippen molar-refractivity contribution in [2.75, 3.05) is 6.61 Å². The van der Waals surface area contributed by atoms with Crippen LogP contribution in [-0.4, -0.2) is 35.4 Å². The quantitative estimate of drug-likeness (QED) is 0.601. The maximum Gasteiger partial charge on any atom is 0.261 e. The van der Waals surface area contributed by atoms with Crippen LogP contribution in [0.4, 0.5) is 0 Å². The van der Waals surface area contributed by atoms with Gasteiger partial charge in [0.15, 0.2) is 6.61 Å². The predicted octanol–water partition coefficient (Wildman–Crippen LogP) is 4.71. The standard InChI is InChI=1S/C26H36N2O3/c1-7-21(6)27-26(30)24(8-2)28(16-22-11-9-10-18(3)13-22)25(29)17-31-23-14-19(4)12-20(5)15-23/h9-15,21,24H,7-8,16-17H2,1-6H3,(H,27,30)/t21-,24+/m0/s1. The summed E-state index contributed by atoms with van der Waals surface area (Å²) >= 11 is 0. The van der Waals surface area contributed by atoms with Gasteiger partial charge in [-0.3, -0.25) is 9.59 Å². The van der Waals surface area contributed by atoms with Crippen LogP contribution in [0.15, 0.2) is 42.5 Å². The summed E-state index contributed by atoms with van der Waals surface area (Å²) in [5.41, 5.74) is 4.28. The monoisotopic (exact) mass is 424 g/mol. The Kier molecular flexibility index (Phi) is 9.10. The molecule has 2 aromatic rings. The Bertz CT molecular complexity index is 874. The van der Waals surface area contributed by atoms with E-state index >= 15 is 0 Å². The van der Waals surface area contributed by atoms with E-state index in [4.69, 9.17) is 4.74 Å². The molecule has 0 bridgehead atoms. The number of hydrogen-bond donors (Lipinski definition) is 1. The van der Waals surface area contributed by atoms with E-state index in [1.807, 2.05) is 77.9 Å². The average Bonchev–Trinajstić information content (AvgIpc) is 2.71. The molecule has 0 spiro atoms. The maximum absolute atomic E-state index is 13.3. The van der Waals surface area contributed by atoms with Crippen molar-refractivity contribution in [1.82, 2.24) is 10.2 Å². The van der Waals surface area contributed by atoms with Crippen LogP contribution in [-0.2, 0) is 16.1 Å². The average molecular weight is 425 g/mol. The second-order valence-electron chi connectivity index (χ2n) is 8.36. The lowest BCUT2D eigenvalue weighted by Crippen LogP contribution is -2.51. The van der Waals surface area contributed by atoms with Crippen LogP contribution in [0.3, 0.4) is 0 Å².